The number of thiophene rings is 1. The Balaban J connectivity index is 0.999. The number of hydrogen-bond acceptors (Lipinski definition) is 2. The third-order valence-corrected chi connectivity index (χ3v) is 13.5. The molecule has 3 heteroatoms. The van der Waals surface area contributed by atoms with E-state index < -0.39 is 0 Å². The van der Waals surface area contributed by atoms with Gasteiger partial charge in [-0.05, 0) is 101 Å². The number of imidazole rings is 1. The second-order valence-corrected chi connectivity index (χ2v) is 16.5. The van der Waals surface area contributed by atoms with Crippen molar-refractivity contribution in [1.29, 1.82) is 0 Å². The van der Waals surface area contributed by atoms with Gasteiger partial charge in [-0.1, -0.05) is 170 Å². The molecule has 0 unspecified atom stereocenters. The van der Waals surface area contributed by atoms with E-state index in [4.69, 9.17) is 4.98 Å². The average molecular weight is 753 g/mol. The second-order valence-electron chi connectivity index (χ2n) is 15.5. The highest BCUT2D eigenvalue weighted by Gasteiger charge is 2.20. The summed E-state index contributed by atoms with van der Waals surface area (Å²) >= 11 is 1.85. The maximum Gasteiger partial charge on any atom is 0.156 e. The number of nitrogens with zero attached hydrogens (tertiary/aromatic N) is 2. The van der Waals surface area contributed by atoms with Crippen LogP contribution in [0.3, 0.4) is 0 Å². The average Bonchev–Trinajstić information content (AvgIpc) is 3.88. The van der Waals surface area contributed by atoms with Gasteiger partial charge in [0.2, 0.25) is 0 Å². The molecule has 0 aliphatic carbocycles. The van der Waals surface area contributed by atoms with Gasteiger partial charge in [-0.15, -0.1) is 11.3 Å². The molecule has 0 atom stereocenters. The molecule has 3 aromatic heterocycles. The van der Waals surface area contributed by atoms with E-state index in [-0.39, 0.29) is 0 Å². The lowest BCUT2D eigenvalue weighted by atomic mass is 9.91. The molecule has 10 aromatic carbocycles. The van der Waals surface area contributed by atoms with Crippen LogP contribution in [0.4, 0.5) is 0 Å². The van der Waals surface area contributed by atoms with Crippen LogP contribution >= 0.6 is 11.3 Å². The molecule has 0 aliphatic rings. The Morgan fingerprint density at radius 2 is 0.931 bits per heavy atom. The quantitative estimate of drug-likeness (QED) is 0.130. The minimum atomic E-state index is 1.01. The van der Waals surface area contributed by atoms with Gasteiger partial charge in [-0.25, -0.2) is 4.98 Å². The maximum atomic E-state index is 5.55. The number of rotatable bonds is 3. The molecule has 0 saturated heterocycles. The van der Waals surface area contributed by atoms with Crippen molar-refractivity contribution in [3.05, 3.63) is 194 Å². The van der Waals surface area contributed by atoms with Gasteiger partial charge in [0.15, 0.2) is 5.65 Å². The normalized spacial score (nSPS) is 12.1. The molecule has 268 valence electrons. The first-order chi connectivity index (χ1) is 28.7. The van der Waals surface area contributed by atoms with Crippen molar-refractivity contribution >= 4 is 102 Å². The van der Waals surface area contributed by atoms with Crippen LogP contribution in [0.25, 0.3) is 124 Å². The number of benzene rings is 10. The molecule has 0 aliphatic heterocycles. The molecule has 13 aromatic rings. The predicted molar refractivity (Wildman–Crippen MR) is 249 cm³/mol. The highest BCUT2D eigenvalue weighted by Crippen LogP contribution is 2.45. The lowest BCUT2D eigenvalue weighted by molar-refractivity contribution is 1.25. The SMILES string of the molecule is c1ccc2c(-c3ccc(-c4ccc(-c5cc6c(sc7ccc8ccccc8c76)c6nc7c8ccc9ccccc9c8ccc7n56)cc4)cc3)c3ccccc3cc2c1. The third-order valence-electron chi connectivity index (χ3n) is 12.3. The van der Waals surface area contributed by atoms with Gasteiger partial charge in [0, 0.05) is 20.9 Å². The van der Waals surface area contributed by atoms with Gasteiger partial charge in [0.1, 0.15) is 0 Å². The first-order valence-electron chi connectivity index (χ1n) is 19.9. The summed E-state index contributed by atoms with van der Waals surface area (Å²) in [6, 6.07) is 71.4. The second kappa shape index (κ2) is 12.1. The minimum Gasteiger partial charge on any atom is -0.291 e. The molecule has 0 spiro atoms. The molecule has 13 rings (SSSR count). The molecule has 0 fully saturated rings. The Morgan fingerprint density at radius 3 is 1.64 bits per heavy atom. The van der Waals surface area contributed by atoms with Crippen molar-refractivity contribution in [2.45, 2.75) is 0 Å². The van der Waals surface area contributed by atoms with Crippen molar-refractivity contribution in [3.63, 3.8) is 0 Å². The van der Waals surface area contributed by atoms with E-state index in [0.29, 0.717) is 0 Å². The van der Waals surface area contributed by atoms with Gasteiger partial charge in [-0.2, -0.15) is 0 Å². The molecule has 0 bridgehead atoms. The molecule has 0 radical (unpaired) electrons. The molecule has 0 N–H and O–H groups in total. The molecule has 2 nitrogen and oxygen atoms in total. The van der Waals surface area contributed by atoms with E-state index >= 15 is 0 Å². The summed E-state index contributed by atoms with van der Waals surface area (Å²) < 4.78 is 4.91. The summed E-state index contributed by atoms with van der Waals surface area (Å²) in [5.41, 5.74) is 10.4. The topological polar surface area (TPSA) is 17.3 Å². The summed E-state index contributed by atoms with van der Waals surface area (Å²) in [6.07, 6.45) is 0. The van der Waals surface area contributed by atoms with E-state index in [1.807, 2.05) is 11.3 Å². The fourth-order valence-corrected chi connectivity index (χ4v) is 10.8. The van der Waals surface area contributed by atoms with Gasteiger partial charge in [0.25, 0.3) is 0 Å². The van der Waals surface area contributed by atoms with Gasteiger partial charge < -0.3 is 0 Å². The first kappa shape index (κ1) is 31.8. The number of aromatic nitrogens is 2. The molecule has 3 heterocycles. The first-order valence-corrected chi connectivity index (χ1v) is 20.7. The maximum absolute atomic E-state index is 5.55. The predicted octanol–water partition coefficient (Wildman–Crippen LogP) is 15.6. The van der Waals surface area contributed by atoms with Crippen molar-refractivity contribution in [3.8, 4) is 33.5 Å². The summed E-state index contributed by atoms with van der Waals surface area (Å²) in [6.45, 7) is 0. The van der Waals surface area contributed by atoms with Crippen LogP contribution in [-0.4, -0.2) is 9.38 Å². The number of hydrogen-bond donors (Lipinski definition) is 0. The van der Waals surface area contributed by atoms with Crippen molar-refractivity contribution in [2.24, 2.45) is 0 Å². The molecular weight excluding hydrogens is 721 g/mol. The Kier molecular flexibility index (Phi) is 6.63. The van der Waals surface area contributed by atoms with Crippen LogP contribution in [0.15, 0.2) is 194 Å². The van der Waals surface area contributed by atoms with Crippen LogP contribution in [-0.2, 0) is 0 Å². The lowest BCUT2D eigenvalue weighted by Crippen LogP contribution is -1.93. The minimum absolute atomic E-state index is 1.01. The van der Waals surface area contributed by atoms with E-state index in [0.717, 1.165) is 27.9 Å². The summed E-state index contributed by atoms with van der Waals surface area (Å²) in [7, 11) is 0. The third kappa shape index (κ3) is 4.56. The van der Waals surface area contributed by atoms with Crippen molar-refractivity contribution < 1.29 is 0 Å². The molecule has 58 heavy (non-hydrogen) atoms. The molecule has 0 saturated carbocycles. The standard InChI is InChI=1S/C55H32N2S/c1-5-13-41-35(9-1)25-27-46-45(41)28-29-48-53(46)56-55-54-47(52-42-14-6-2-10-36(42)26-30-50(52)58-54)32-49(57(48)55)37-21-17-33(18-22-37)34-19-23-38(24-20-34)51-43-15-7-3-11-39(43)31-40-12-4-8-16-44(40)51/h1-32H. The molecule has 0 amide bonds. The Morgan fingerprint density at radius 1 is 0.379 bits per heavy atom. The van der Waals surface area contributed by atoms with Gasteiger partial charge in [0.05, 0.1) is 21.4 Å². The van der Waals surface area contributed by atoms with Gasteiger partial charge >= 0.3 is 0 Å². The van der Waals surface area contributed by atoms with Gasteiger partial charge in [-0.3, -0.25) is 4.40 Å². The lowest BCUT2D eigenvalue weighted by Gasteiger charge is -2.13. The Hall–Kier alpha value is -7.33. The summed E-state index contributed by atoms with van der Waals surface area (Å²) in [5.74, 6) is 0. The fraction of sp³-hybridized carbons (Fsp3) is 0. The largest absolute Gasteiger partial charge is 0.291 e. The Labute approximate surface area is 337 Å². The van der Waals surface area contributed by atoms with Crippen LogP contribution in [0.2, 0.25) is 0 Å². The smallest absolute Gasteiger partial charge is 0.156 e. The van der Waals surface area contributed by atoms with E-state index in [2.05, 4.69) is 199 Å². The summed E-state index contributed by atoms with van der Waals surface area (Å²) in [5, 5.41) is 15.1. The summed E-state index contributed by atoms with van der Waals surface area (Å²) in [4.78, 5) is 5.55. The highest BCUT2D eigenvalue weighted by molar-refractivity contribution is 7.26. The zero-order valence-corrected chi connectivity index (χ0v) is 32.1. The van der Waals surface area contributed by atoms with E-state index in [1.54, 1.807) is 0 Å². The van der Waals surface area contributed by atoms with Crippen LogP contribution in [0, 0.1) is 0 Å². The monoisotopic (exact) mass is 752 g/mol. The zero-order valence-electron chi connectivity index (χ0n) is 31.3. The van der Waals surface area contributed by atoms with E-state index in [9.17, 15) is 0 Å². The van der Waals surface area contributed by atoms with E-state index in [1.165, 1.54) is 96.3 Å². The number of pyridine rings is 1. The fourth-order valence-electron chi connectivity index (χ4n) is 9.62. The molecular formula is C55H32N2S. The van der Waals surface area contributed by atoms with Crippen LogP contribution in [0.1, 0.15) is 0 Å². The Bertz CT molecular complexity index is 3780. The number of fused-ring (bicyclic) bond motifs is 15. The van der Waals surface area contributed by atoms with Crippen LogP contribution in [0.5, 0.6) is 0 Å². The van der Waals surface area contributed by atoms with Crippen molar-refractivity contribution in [1.82, 2.24) is 9.38 Å². The highest BCUT2D eigenvalue weighted by atomic mass is 32.1. The zero-order chi connectivity index (χ0) is 37.9. The van der Waals surface area contributed by atoms with Crippen molar-refractivity contribution in [2.75, 3.05) is 0 Å². The van der Waals surface area contributed by atoms with Crippen LogP contribution < -0.4 is 0 Å².